The zero-order valence-electron chi connectivity index (χ0n) is 21.1. The number of H-pyrrole nitrogens is 2. The molecular weight excluding hydrogens is 483 g/mol. The third kappa shape index (κ3) is 5.07. The van der Waals surface area contributed by atoms with Gasteiger partial charge in [-0.15, -0.1) is 0 Å². The molecule has 7 aromatic rings. The van der Waals surface area contributed by atoms with Gasteiger partial charge in [0.2, 0.25) is 5.52 Å². The smallest absolute Gasteiger partial charge is 0.872 e. The van der Waals surface area contributed by atoms with Gasteiger partial charge in [0.25, 0.3) is 5.82 Å². The van der Waals surface area contributed by atoms with Crippen LogP contribution < -0.4 is 15.1 Å². The van der Waals surface area contributed by atoms with Crippen LogP contribution >= 0.6 is 0 Å². The Bertz CT molecular complexity index is 1870. The summed E-state index contributed by atoms with van der Waals surface area (Å²) in [6.07, 6.45) is 1.84. The number of imidazole rings is 1. The van der Waals surface area contributed by atoms with E-state index in [-0.39, 0.29) is 27.1 Å². The molecule has 0 spiro atoms. The van der Waals surface area contributed by atoms with Crippen molar-refractivity contribution in [2.75, 3.05) is 0 Å². The summed E-state index contributed by atoms with van der Waals surface area (Å²) in [7, 11) is 0. The van der Waals surface area contributed by atoms with Crippen molar-refractivity contribution < 1.29 is 25.7 Å². The molecule has 0 aliphatic heterocycles. The van der Waals surface area contributed by atoms with Gasteiger partial charge in [-0.05, 0) is 53.9 Å². The Morgan fingerprint density at radius 3 is 2.18 bits per heavy atom. The number of pyridine rings is 1. The zero-order valence-corrected chi connectivity index (χ0v) is 21.1. The first-order valence-corrected chi connectivity index (χ1v) is 12.1. The number of aromatic amines is 2. The van der Waals surface area contributed by atoms with Crippen molar-refractivity contribution in [1.29, 1.82) is 0 Å². The molecule has 2 heterocycles. The maximum Gasteiger partial charge on any atom is 2.00 e. The number of rotatable bonds is 2. The number of hydrogen-bond acceptors (Lipinski definition) is 3. The average molecular weight is 509 g/mol. The van der Waals surface area contributed by atoms with Crippen molar-refractivity contribution in [2.24, 2.45) is 0 Å². The van der Waals surface area contributed by atoms with E-state index in [4.69, 9.17) is 0 Å². The minimum Gasteiger partial charge on any atom is -0.872 e. The second-order valence-corrected chi connectivity index (χ2v) is 8.73. The molecule has 0 saturated carbocycles. The summed E-state index contributed by atoms with van der Waals surface area (Å²) < 4.78 is 2.13. The molecule has 6 nitrogen and oxygen atoms in total. The molecule has 0 fully saturated rings. The number of aromatic hydroxyl groups is 1. The van der Waals surface area contributed by atoms with Gasteiger partial charge in [0.15, 0.2) is 17.2 Å². The van der Waals surface area contributed by atoms with Crippen molar-refractivity contribution in [3.05, 3.63) is 128 Å². The molecule has 0 aliphatic carbocycles. The third-order valence-corrected chi connectivity index (χ3v) is 6.43. The van der Waals surface area contributed by atoms with Crippen molar-refractivity contribution in [3.63, 3.8) is 0 Å². The van der Waals surface area contributed by atoms with Crippen molar-refractivity contribution in [2.45, 2.75) is 0 Å². The van der Waals surface area contributed by atoms with Gasteiger partial charge in [-0.2, -0.15) is 4.57 Å². The van der Waals surface area contributed by atoms with Gasteiger partial charge in [-0.1, -0.05) is 72.5 Å². The van der Waals surface area contributed by atoms with Gasteiger partial charge in [0, 0.05) is 16.8 Å². The number of benzene rings is 5. The molecule has 0 aliphatic rings. The Morgan fingerprint density at radius 2 is 1.36 bits per heavy atom. The van der Waals surface area contributed by atoms with E-state index >= 15 is 0 Å². The monoisotopic (exact) mass is 508 g/mol. The molecule has 0 unspecified atom stereocenters. The molecule has 39 heavy (non-hydrogen) atoms. The van der Waals surface area contributed by atoms with Crippen LogP contribution in [0.4, 0.5) is 0 Å². The number of aromatic nitrogens is 3. The first kappa shape index (κ1) is 27.0. The minimum atomic E-state index is 0. The number of para-hydroxylation sites is 4. The Labute approximate surface area is 229 Å². The topological polar surface area (TPSA) is 106 Å². The number of fused-ring (bicyclic) bond motifs is 4. The van der Waals surface area contributed by atoms with E-state index in [2.05, 4.69) is 32.7 Å². The predicted molar refractivity (Wildman–Crippen MR) is 152 cm³/mol. The molecule has 0 amide bonds. The summed E-state index contributed by atoms with van der Waals surface area (Å²) in [5.41, 5.74) is 4.86. The number of hydrogen-bond donors (Lipinski definition) is 1. The van der Waals surface area contributed by atoms with E-state index in [0.29, 0.717) is 0 Å². The number of nitrogens with one attached hydrogen (secondary N) is 2. The Kier molecular flexibility index (Phi) is 8.01. The SMILES string of the molecule is Oc1ccccc1-c1[nH+]c2ccccc2n1-c1ccccc1.[Be+2].[O-]c1cccc2ccc3ccc[nH+]c3c12.[OH-]. The van der Waals surface area contributed by atoms with Gasteiger partial charge in [0.05, 0.1) is 0 Å². The fourth-order valence-electron chi connectivity index (χ4n) is 4.72. The summed E-state index contributed by atoms with van der Waals surface area (Å²) in [6.45, 7) is 0. The summed E-state index contributed by atoms with van der Waals surface area (Å²) in [5, 5.41) is 24.8. The zero-order chi connectivity index (χ0) is 25.2. The van der Waals surface area contributed by atoms with Gasteiger partial charge >= 0.3 is 10.1 Å². The summed E-state index contributed by atoms with van der Waals surface area (Å²) in [4.78, 5) is 6.56. The molecule has 0 bridgehead atoms. The Hall–Kier alpha value is -5.03. The first-order chi connectivity index (χ1) is 18.2. The largest absolute Gasteiger partial charge is 2.00 e. The third-order valence-electron chi connectivity index (χ3n) is 6.43. The molecule has 4 N–H and O–H groups in total. The normalized spacial score (nSPS) is 10.4. The standard InChI is InChI=1S/C19H14N2O.C13H9NO.Be.H2O/c22-18-13-7-4-10-15(18)19-20-16-11-5-6-12-17(16)21(19)14-8-2-1-3-9-14;15-11-5-1-3-9-6-7-10-4-2-8-14-13(10)12(9)11;;/h1-13,22H;1-8,15H;;1H2/q;;+2;. The molecule has 7 heteroatoms. The van der Waals surface area contributed by atoms with Crippen molar-refractivity contribution in [1.82, 2.24) is 4.57 Å². The Morgan fingerprint density at radius 1 is 0.667 bits per heavy atom. The van der Waals surface area contributed by atoms with Crippen LogP contribution in [0.25, 0.3) is 49.8 Å². The van der Waals surface area contributed by atoms with Gasteiger partial charge in [0.1, 0.15) is 17.0 Å². The number of nitrogens with zero attached hydrogens (tertiary/aromatic N) is 1. The molecular formula is C32H25BeN3O3+2. The van der Waals surface area contributed by atoms with Crippen LogP contribution in [0.1, 0.15) is 0 Å². The van der Waals surface area contributed by atoms with E-state index in [9.17, 15) is 10.2 Å². The van der Waals surface area contributed by atoms with Crippen LogP contribution in [0.2, 0.25) is 0 Å². The molecule has 0 radical (unpaired) electrons. The Balaban J connectivity index is 0.000000183. The maximum absolute atomic E-state index is 11.8. The van der Waals surface area contributed by atoms with Crippen LogP contribution in [0.15, 0.2) is 128 Å². The quantitative estimate of drug-likeness (QED) is 0.258. The van der Waals surface area contributed by atoms with E-state index < -0.39 is 0 Å². The van der Waals surface area contributed by atoms with Gasteiger partial charge < -0.3 is 15.7 Å². The van der Waals surface area contributed by atoms with E-state index in [1.165, 1.54) is 0 Å². The van der Waals surface area contributed by atoms with E-state index in [1.807, 2.05) is 91.1 Å². The van der Waals surface area contributed by atoms with Crippen molar-refractivity contribution >= 4 is 42.8 Å². The van der Waals surface area contributed by atoms with Crippen LogP contribution in [-0.4, -0.2) is 25.3 Å². The maximum atomic E-state index is 11.8. The van der Waals surface area contributed by atoms with Crippen LogP contribution in [0.5, 0.6) is 11.5 Å². The molecule has 0 saturated heterocycles. The minimum absolute atomic E-state index is 0. The summed E-state index contributed by atoms with van der Waals surface area (Å²) >= 11 is 0. The average Bonchev–Trinajstić information content (AvgIpc) is 3.33. The molecule has 7 rings (SSSR count). The number of phenols is 1. The van der Waals surface area contributed by atoms with Crippen LogP contribution in [0, 0.1) is 0 Å². The molecule has 0 atom stereocenters. The van der Waals surface area contributed by atoms with Gasteiger partial charge in [-0.3, -0.25) is 0 Å². The van der Waals surface area contributed by atoms with Crippen molar-refractivity contribution in [3.8, 4) is 28.6 Å². The van der Waals surface area contributed by atoms with E-state index in [0.717, 1.165) is 49.8 Å². The fourth-order valence-corrected chi connectivity index (χ4v) is 4.72. The summed E-state index contributed by atoms with van der Waals surface area (Å²) in [5.74, 6) is 1.20. The molecule has 2 aromatic heterocycles. The van der Waals surface area contributed by atoms with Gasteiger partial charge in [-0.25, -0.2) is 9.97 Å². The molecule has 5 aromatic carbocycles. The van der Waals surface area contributed by atoms with E-state index in [1.54, 1.807) is 18.2 Å². The fraction of sp³-hybridized carbons (Fsp3) is 0. The first-order valence-electron chi connectivity index (χ1n) is 12.1. The molecule has 186 valence electrons. The second kappa shape index (κ2) is 11.6. The predicted octanol–water partition coefficient (Wildman–Crippen LogP) is 5.14. The second-order valence-electron chi connectivity index (χ2n) is 8.73. The number of phenolic OH excluding ortho intramolecular Hbond substituents is 1. The summed E-state index contributed by atoms with van der Waals surface area (Å²) in [6, 6.07) is 38.9. The van der Waals surface area contributed by atoms with Crippen LogP contribution in [-0.2, 0) is 0 Å². The van der Waals surface area contributed by atoms with Crippen LogP contribution in [0.3, 0.4) is 0 Å².